The largest absolute Gasteiger partial charge is 0.493 e. The van der Waals surface area contributed by atoms with Gasteiger partial charge in [0.1, 0.15) is 11.5 Å². The number of hydrogen-bond acceptors (Lipinski definition) is 5. The molecular formula is C29H34O4S. The minimum atomic E-state index is -0.191. The van der Waals surface area contributed by atoms with Gasteiger partial charge >= 0.3 is 5.97 Å². The number of benzene rings is 3. The smallest absolute Gasteiger partial charge is 0.305 e. The summed E-state index contributed by atoms with van der Waals surface area (Å²) in [6.07, 6.45) is 2.84. The van der Waals surface area contributed by atoms with Crippen LogP contribution in [-0.2, 0) is 22.4 Å². The topological polar surface area (TPSA) is 44.8 Å². The third-order valence-electron chi connectivity index (χ3n) is 5.65. The highest BCUT2D eigenvalue weighted by molar-refractivity contribution is 7.99. The first kappa shape index (κ1) is 25.7. The first-order valence-corrected chi connectivity index (χ1v) is 12.6. The van der Waals surface area contributed by atoms with Gasteiger partial charge in [-0.05, 0) is 79.8 Å². The first-order chi connectivity index (χ1) is 16.5. The third kappa shape index (κ3) is 7.84. The SMILES string of the molecule is CCc1ccc(OC(C)CCOc2ccc(CCC(=O)OC)c(C)c2)c(Sc2ccccc2)c1. The zero-order valence-corrected chi connectivity index (χ0v) is 21.3. The Labute approximate surface area is 207 Å². The van der Waals surface area contributed by atoms with Gasteiger partial charge in [-0.1, -0.05) is 49.0 Å². The third-order valence-corrected chi connectivity index (χ3v) is 6.70. The average molecular weight is 479 g/mol. The molecule has 5 heteroatoms. The summed E-state index contributed by atoms with van der Waals surface area (Å²) in [5.41, 5.74) is 3.55. The van der Waals surface area contributed by atoms with E-state index in [0.29, 0.717) is 19.4 Å². The molecule has 34 heavy (non-hydrogen) atoms. The highest BCUT2D eigenvalue weighted by atomic mass is 32.2. The van der Waals surface area contributed by atoms with E-state index in [9.17, 15) is 4.79 Å². The molecule has 0 amide bonds. The number of ether oxygens (including phenoxy) is 3. The quantitative estimate of drug-likeness (QED) is 0.261. The molecule has 4 nitrogen and oxygen atoms in total. The molecule has 0 fully saturated rings. The van der Waals surface area contributed by atoms with Crippen molar-refractivity contribution >= 4 is 17.7 Å². The van der Waals surface area contributed by atoms with Gasteiger partial charge in [0.05, 0.1) is 24.7 Å². The van der Waals surface area contributed by atoms with E-state index in [1.807, 2.05) is 31.2 Å². The number of esters is 1. The second kappa shape index (κ2) is 13.1. The normalized spacial score (nSPS) is 11.6. The van der Waals surface area contributed by atoms with Gasteiger partial charge in [0.25, 0.3) is 0 Å². The molecule has 0 aliphatic rings. The van der Waals surface area contributed by atoms with Crippen LogP contribution in [0.5, 0.6) is 11.5 Å². The van der Waals surface area contributed by atoms with E-state index >= 15 is 0 Å². The van der Waals surface area contributed by atoms with Crippen molar-refractivity contribution in [1.82, 2.24) is 0 Å². The van der Waals surface area contributed by atoms with Crippen molar-refractivity contribution < 1.29 is 19.0 Å². The van der Waals surface area contributed by atoms with Crippen molar-refractivity contribution in [1.29, 1.82) is 0 Å². The number of rotatable bonds is 12. The summed E-state index contributed by atoms with van der Waals surface area (Å²) in [5, 5.41) is 0. The molecule has 0 saturated heterocycles. The van der Waals surface area contributed by atoms with Crippen LogP contribution in [0.1, 0.15) is 43.4 Å². The summed E-state index contributed by atoms with van der Waals surface area (Å²) < 4.78 is 17.0. The Bertz CT molecular complexity index is 1060. The van der Waals surface area contributed by atoms with Crippen LogP contribution >= 0.6 is 11.8 Å². The fourth-order valence-corrected chi connectivity index (χ4v) is 4.54. The van der Waals surface area contributed by atoms with Crippen LogP contribution < -0.4 is 9.47 Å². The zero-order valence-electron chi connectivity index (χ0n) is 20.5. The standard InChI is InChI=1S/C29H34O4S/c1-5-23-11-15-27(28(20-23)34-26-9-7-6-8-10-26)33-22(3)17-18-32-25-14-12-24(21(2)19-25)13-16-29(30)31-4/h6-12,14-15,19-20,22H,5,13,16-18H2,1-4H3. The van der Waals surface area contributed by atoms with Crippen molar-refractivity contribution in [2.75, 3.05) is 13.7 Å². The van der Waals surface area contributed by atoms with Crippen LogP contribution in [0.4, 0.5) is 0 Å². The maximum Gasteiger partial charge on any atom is 0.305 e. The Hall–Kier alpha value is -2.92. The average Bonchev–Trinajstić information content (AvgIpc) is 2.85. The van der Waals surface area contributed by atoms with Crippen molar-refractivity contribution in [2.24, 2.45) is 0 Å². The summed E-state index contributed by atoms with van der Waals surface area (Å²) in [6, 6.07) is 22.8. The second-order valence-electron chi connectivity index (χ2n) is 8.28. The van der Waals surface area contributed by atoms with Crippen LogP contribution in [0.2, 0.25) is 0 Å². The predicted octanol–water partition coefficient (Wildman–Crippen LogP) is 7.05. The van der Waals surface area contributed by atoms with Gasteiger partial charge in [0.15, 0.2) is 0 Å². The predicted molar refractivity (Wildman–Crippen MR) is 138 cm³/mol. The summed E-state index contributed by atoms with van der Waals surface area (Å²) in [5.74, 6) is 1.55. The van der Waals surface area contributed by atoms with Crippen LogP contribution in [0.25, 0.3) is 0 Å². The monoisotopic (exact) mass is 478 g/mol. The van der Waals surface area contributed by atoms with Gasteiger partial charge in [-0.2, -0.15) is 0 Å². The van der Waals surface area contributed by atoms with Crippen LogP contribution in [-0.4, -0.2) is 25.8 Å². The Morgan fingerprint density at radius 3 is 2.53 bits per heavy atom. The zero-order chi connectivity index (χ0) is 24.3. The van der Waals surface area contributed by atoms with Crippen LogP contribution in [0.15, 0.2) is 76.5 Å². The molecule has 1 unspecified atom stereocenters. The summed E-state index contributed by atoms with van der Waals surface area (Å²) >= 11 is 1.73. The van der Waals surface area contributed by atoms with Gasteiger partial charge < -0.3 is 14.2 Å². The van der Waals surface area contributed by atoms with Gasteiger partial charge in [0.2, 0.25) is 0 Å². The molecule has 0 aromatic heterocycles. The number of methoxy groups -OCH3 is 1. The van der Waals surface area contributed by atoms with Gasteiger partial charge in [0, 0.05) is 17.7 Å². The lowest BCUT2D eigenvalue weighted by molar-refractivity contribution is -0.140. The lowest BCUT2D eigenvalue weighted by Crippen LogP contribution is -2.16. The summed E-state index contributed by atoms with van der Waals surface area (Å²) in [6.45, 7) is 6.85. The highest BCUT2D eigenvalue weighted by Gasteiger charge is 2.12. The van der Waals surface area contributed by atoms with Gasteiger partial charge in [-0.25, -0.2) is 0 Å². The minimum Gasteiger partial charge on any atom is -0.493 e. The lowest BCUT2D eigenvalue weighted by atomic mass is 10.0. The summed E-state index contributed by atoms with van der Waals surface area (Å²) in [7, 11) is 1.42. The number of carbonyl (C=O) groups excluding carboxylic acids is 1. The van der Waals surface area contributed by atoms with Crippen molar-refractivity contribution in [2.45, 2.75) is 62.3 Å². The van der Waals surface area contributed by atoms with Crippen molar-refractivity contribution in [3.63, 3.8) is 0 Å². The molecule has 3 aromatic carbocycles. The molecular weight excluding hydrogens is 444 g/mol. The molecule has 0 aliphatic carbocycles. The molecule has 0 aliphatic heterocycles. The molecule has 0 N–H and O–H groups in total. The van der Waals surface area contributed by atoms with Crippen molar-refractivity contribution in [3.05, 3.63) is 83.4 Å². The van der Waals surface area contributed by atoms with Crippen LogP contribution in [0, 0.1) is 6.92 Å². The maximum absolute atomic E-state index is 11.4. The Kier molecular flexibility index (Phi) is 9.89. The molecule has 180 valence electrons. The fourth-order valence-electron chi connectivity index (χ4n) is 3.56. The number of hydrogen-bond donors (Lipinski definition) is 0. The molecule has 0 bridgehead atoms. The lowest BCUT2D eigenvalue weighted by Gasteiger charge is -2.18. The van der Waals surface area contributed by atoms with E-state index in [-0.39, 0.29) is 12.1 Å². The molecule has 0 radical (unpaired) electrons. The number of carbonyl (C=O) groups is 1. The van der Waals surface area contributed by atoms with E-state index in [1.165, 1.54) is 17.6 Å². The number of aryl methyl sites for hydroxylation is 3. The highest BCUT2D eigenvalue weighted by Crippen LogP contribution is 2.36. The van der Waals surface area contributed by atoms with E-state index in [2.05, 4.69) is 56.3 Å². The first-order valence-electron chi connectivity index (χ1n) is 11.8. The van der Waals surface area contributed by atoms with Gasteiger partial charge in [-0.15, -0.1) is 0 Å². The second-order valence-corrected chi connectivity index (χ2v) is 9.40. The van der Waals surface area contributed by atoms with E-state index < -0.39 is 0 Å². The van der Waals surface area contributed by atoms with Gasteiger partial charge in [-0.3, -0.25) is 4.79 Å². The summed E-state index contributed by atoms with van der Waals surface area (Å²) in [4.78, 5) is 13.7. The minimum absolute atomic E-state index is 0.0167. The van der Waals surface area contributed by atoms with E-state index in [1.54, 1.807) is 11.8 Å². The van der Waals surface area contributed by atoms with Crippen LogP contribution in [0.3, 0.4) is 0 Å². The Morgan fingerprint density at radius 2 is 1.82 bits per heavy atom. The maximum atomic E-state index is 11.4. The molecule has 0 saturated carbocycles. The fraction of sp³-hybridized carbons (Fsp3) is 0.345. The molecule has 0 heterocycles. The Balaban J connectivity index is 1.54. The van der Waals surface area contributed by atoms with E-state index in [0.717, 1.165) is 40.4 Å². The van der Waals surface area contributed by atoms with E-state index in [4.69, 9.17) is 14.2 Å². The molecule has 0 spiro atoms. The molecule has 3 aromatic rings. The van der Waals surface area contributed by atoms with Crippen molar-refractivity contribution in [3.8, 4) is 11.5 Å². The Morgan fingerprint density at radius 1 is 1.03 bits per heavy atom. The molecule has 1 atom stereocenters. The molecule has 3 rings (SSSR count).